The summed E-state index contributed by atoms with van der Waals surface area (Å²) < 4.78 is 46.1. The van der Waals surface area contributed by atoms with Crippen LogP contribution >= 0.6 is 0 Å². The number of aryl methyl sites for hydroxylation is 1. The van der Waals surface area contributed by atoms with E-state index in [4.69, 9.17) is 33.2 Å². The number of aliphatic hydroxyl groups is 4. The molecule has 364 valence electrons. The molecular weight excluding hydrogens is 819 g/mol. The van der Waals surface area contributed by atoms with Gasteiger partial charge < -0.3 is 68.4 Å². The molecule has 3 aliphatic heterocycles. The van der Waals surface area contributed by atoms with Gasteiger partial charge in [-0.2, -0.15) is 0 Å². The van der Waals surface area contributed by atoms with Gasteiger partial charge >= 0.3 is 12.1 Å². The molecule has 0 bridgehead atoms. The Morgan fingerprint density at radius 2 is 1.71 bits per heavy atom. The van der Waals surface area contributed by atoms with Crippen molar-refractivity contribution in [2.75, 3.05) is 41.3 Å². The molecule has 1 aromatic heterocycles. The van der Waals surface area contributed by atoms with E-state index in [1.54, 1.807) is 47.1 Å². The highest BCUT2D eigenvalue weighted by molar-refractivity contribution is 5.73. The van der Waals surface area contributed by atoms with Gasteiger partial charge in [-0.1, -0.05) is 20.8 Å². The van der Waals surface area contributed by atoms with Gasteiger partial charge in [-0.15, -0.1) is 0 Å². The van der Waals surface area contributed by atoms with Crippen molar-refractivity contribution in [1.29, 1.82) is 0 Å². The Morgan fingerprint density at radius 3 is 2.32 bits per heavy atom. The number of methoxy groups -OCH3 is 1. The molecule has 18 atom stereocenters. The molecule has 3 fully saturated rings. The minimum atomic E-state index is -1.89. The Hall–Kier alpha value is -2.49. The monoisotopic (exact) mass is 900 g/mol. The number of alkyl carbamates (subject to hydrolysis) is 1. The SMILES string of the molecule is CC[C@H]1OC(=O)[C@H](C)[C@@H](O[C@H]2C[C@@](C)(OC)[C@@H](O)[C@H](C)O2)[C@H](C)[C@@H](O[C@@H]2O[C@H](C)C[C@H](N(C)C)[C@H]2O)[C@](C)(O)C[C@@H](C)CN(C)[C@H](C)[C@@H](OC(=O)NCCCn2ccnc2)[C@]1(C)O. The zero-order chi connectivity index (χ0) is 47.2. The van der Waals surface area contributed by atoms with E-state index >= 15 is 0 Å². The summed E-state index contributed by atoms with van der Waals surface area (Å²) in [5, 5.41) is 50.8. The normalized spacial score (nSPS) is 42.8. The first-order chi connectivity index (χ1) is 29.4. The van der Waals surface area contributed by atoms with E-state index in [0.29, 0.717) is 32.5 Å². The van der Waals surface area contributed by atoms with Gasteiger partial charge in [-0.25, -0.2) is 9.78 Å². The number of rotatable bonds is 12. The highest BCUT2D eigenvalue weighted by Gasteiger charge is 2.53. The number of hydrogen-bond donors (Lipinski definition) is 5. The number of nitrogens with zero attached hydrogens (tertiary/aromatic N) is 4. The first kappa shape index (κ1) is 53.1. The number of aromatic nitrogens is 2. The number of amides is 1. The number of hydrogen-bond acceptors (Lipinski definition) is 16. The van der Waals surface area contributed by atoms with Crippen molar-refractivity contribution in [3.8, 4) is 0 Å². The number of carbonyl (C=O) groups is 2. The Bertz CT molecular complexity index is 1570. The van der Waals surface area contributed by atoms with Gasteiger partial charge in [-0.3, -0.25) is 9.69 Å². The number of likely N-dealkylation sites (N-methyl/N-ethyl adjacent to an activating group) is 2. The lowest BCUT2D eigenvalue weighted by Gasteiger charge is -2.48. The summed E-state index contributed by atoms with van der Waals surface area (Å²) in [4.78, 5) is 36.0. The first-order valence-corrected chi connectivity index (χ1v) is 22.8. The Labute approximate surface area is 375 Å². The largest absolute Gasteiger partial charge is 0.459 e. The fourth-order valence-electron chi connectivity index (χ4n) is 9.97. The van der Waals surface area contributed by atoms with E-state index in [9.17, 15) is 30.0 Å². The van der Waals surface area contributed by atoms with Crippen LogP contribution in [0.15, 0.2) is 18.7 Å². The molecule has 4 heterocycles. The van der Waals surface area contributed by atoms with Gasteiger partial charge in [0.25, 0.3) is 0 Å². The maximum absolute atomic E-state index is 14.6. The topological polar surface area (TPSA) is 216 Å². The summed E-state index contributed by atoms with van der Waals surface area (Å²) in [5.74, 6) is -2.81. The molecule has 18 heteroatoms. The summed E-state index contributed by atoms with van der Waals surface area (Å²) in [5.41, 5.74) is -4.56. The van der Waals surface area contributed by atoms with Crippen molar-refractivity contribution in [3.63, 3.8) is 0 Å². The van der Waals surface area contributed by atoms with Gasteiger partial charge in [0, 0.05) is 63.6 Å². The zero-order valence-electron chi connectivity index (χ0n) is 40.3. The van der Waals surface area contributed by atoms with Crippen molar-refractivity contribution < 1.29 is 63.2 Å². The predicted octanol–water partition coefficient (Wildman–Crippen LogP) is 2.92. The lowest BCUT2D eigenvalue weighted by molar-refractivity contribution is -0.318. The quantitative estimate of drug-likeness (QED) is 0.151. The zero-order valence-corrected chi connectivity index (χ0v) is 40.3. The van der Waals surface area contributed by atoms with Crippen LogP contribution < -0.4 is 5.32 Å². The summed E-state index contributed by atoms with van der Waals surface area (Å²) in [7, 11) is 7.12. The minimum Gasteiger partial charge on any atom is -0.459 e. The number of nitrogens with one attached hydrogen (secondary N) is 1. The van der Waals surface area contributed by atoms with Gasteiger partial charge in [0.1, 0.15) is 23.9 Å². The summed E-state index contributed by atoms with van der Waals surface area (Å²) in [6, 6.07) is -0.905. The Morgan fingerprint density at radius 1 is 1.03 bits per heavy atom. The van der Waals surface area contributed by atoms with Crippen molar-refractivity contribution >= 4 is 12.1 Å². The molecule has 4 rings (SSSR count). The molecule has 5 N–H and O–H groups in total. The summed E-state index contributed by atoms with van der Waals surface area (Å²) in [6.45, 7) is 19.0. The van der Waals surface area contributed by atoms with Crippen molar-refractivity contribution in [2.24, 2.45) is 17.8 Å². The van der Waals surface area contributed by atoms with E-state index in [1.165, 1.54) is 14.0 Å². The molecule has 0 saturated carbocycles. The smallest absolute Gasteiger partial charge is 0.407 e. The highest BCUT2D eigenvalue weighted by Crippen LogP contribution is 2.40. The van der Waals surface area contributed by atoms with Crippen LogP contribution in [0.5, 0.6) is 0 Å². The second-order valence-electron chi connectivity index (χ2n) is 19.6. The van der Waals surface area contributed by atoms with Gasteiger partial charge in [0.15, 0.2) is 18.7 Å². The summed E-state index contributed by atoms with van der Waals surface area (Å²) in [6.07, 6.45) is -3.56. The first-order valence-electron chi connectivity index (χ1n) is 22.8. The van der Waals surface area contributed by atoms with Crippen LogP contribution in [-0.2, 0) is 44.5 Å². The molecule has 0 spiro atoms. The molecule has 0 radical (unpaired) electrons. The molecule has 0 unspecified atom stereocenters. The molecule has 63 heavy (non-hydrogen) atoms. The lowest BCUT2D eigenvalue weighted by atomic mass is 9.77. The highest BCUT2D eigenvalue weighted by atomic mass is 16.7. The molecule has 18 nitrogen and oxygen atoms in total. The number of cyclic esters (lactones) is 1. The van der Waals surface area contributed by atoms with Crippen LogP contribution in [0.4, 0.5) is 4.79 Å². The third kappa shape index (κ3) is 13.1. The van der Waals surface area contributed by atoms with E-state index in [0.717, 1.165) is 0 Å². The standard InChI is InChI=1S/C45H81N5O13/c1-15-33-45(10,56)39(63-42(54)47-17-16-19-50-20-18-46-25-50)30(6)49(13)24-26(2)22-43(8,55)38(62-41-35(51)32(48(11)12)21-27(3)58-41)28(4)36(29(5)40(53)60-33)61-34-23-44(9,57-14)37(52)31(7)59-34/h18,20,25-39,41,51-52,55-56H,15-17,19,21-24H2,1-14H3,(H,47,54)/t26-,27-,28+,29-,30-,31+,32+,33-,34+,35-,36+,37+,38-,39-,41+,43-,44-,45-/m1/s1. The average Bonchev–Trinajstić information content (AvgIpc) is 3.73. The number of esters is 1. The van der Waals surface area contributed by atoms with Crippen LogP contribution in [0, 0.1) is 17.8 Å². The maximum atomic E-state index is 14.6. The van der Waals surface area contributed by atoms with E-state index in [2.05, 4.69) is 10.3 Å². The molecule has 1 aromatic rings. The number of aliphatic hydroxyl groups excluding tert-OH is 2. The molecule has 1 amide bonds. The van der Waals surface area contributed by atoms with E-state index < -0.39 is 102 Å². The Balaban J connectivity index is 1.76. The van der Waals surface area contributed by atoms with Crippen molar-refractivity contribution in [3.05, 3.63) is 18.7 Å². The van der Waals surface area contributed by atoms with Gasteiger partial charge in [-0.05, 0) is 101 Å². The van der Waals surface area contributed by atoms with Crippen LogP contribution in [0.25, 0.3) is 0 Å². The number of imidazole rings is 1. The molecule has 0 aromatic carbocycles. The predicted molar refractivity (Wildman–Crippen MR) is 233 cm³/mol. The molecule has 0 aliphatic carbocycles. The molecule has 3 aliphatic rings. The number of ether oxygens (including phenoxy) is 7. The van der Waals surface area contributed by atoms with Crippen LogP contribution in [0.2, 0.25) is 0 Å². The van der Waals surface area contributed by atoms with Crippen LogP contribution in [-0.4, -0.2) is 183 Å². The maximum Gasteiger partial charge on any atom is 0.407 e. The second kappa shape index (κ2) is 22.3. The second-order valence-corrected chi connectivity index (χ2v) is 19.6. The Kier molecular flexibility index (Phi) is 18.8. The van der Waals surface area contributed by atoms with Crippen molar-refractivity contribution in [1.82, 2.24) is 24.7 Å². The van der Waals surface area contributed by atoms with E-state index in [1.807, 2.05) is 69.4 Å². The minimum absolute atomic E-state index is 0.104. The van der Waals surface area contributed by atoms with Gasteiger partial charge in [0.05, 0.1) is 47.9 Å². The summed E-state index contributed by atoms with van der Waals surface area (Å²) >= 11 is 0. The van der Waals surface area contributed by atoms with Gasteiger partial charge in [0.2, 0.25) is 0 Å². The fraction of sp³-hybridized carbons (Fsp3) is 0.889. The average molecular weight is 900 g/mol. The van der Waals surface area contributed by atoms with Crippen molar-refractivity contribution in [2.45, 2.75) is 198 Å². The third-order valence-corrected chi connectivity index (χ3v) is 13.8. The molecule has 3 saturated heterocycles. The fourth-order valence-corrected chi connectivity index (χ4v) is 9.97. The van der Waals surface area contributed by atoms with E-state index in [-0.39, 0.29) is 37.3 Å². The number of carbonyl (C=O) groups excluding carboxylic acids is 2. The van der Waals surface area contributed by atoms with Crippen LogP contribution in [0.3, 0.4) is 0 Å². The van der Waals surface area contributed by atoms with Crippen LogP contribution in [0.1, 0.15) is 101 Å². The lowest BCUT2D eigenvalue weighted by Crippen LogP contribution is -2.61. The molecular formula is C45H81N5O13. The third-order valence-electron chi connectivity index (χ3n) is 13.8.